The second-order valence-corrected chi connectivity index (χ2v) is 7.26. The number of benzene rings is 1. The fraction of sp³-hybridized carbons (Fsp3) is 0.294. The zero-order chi connectivity index (χ0) is 15.5. The summed E-state index contributed by atoms with van der Waals surface area (Å²) < 4.78 is 5.85. The molecule has 118 valence electrons. The minimum absolute atomic E-state index is 0.0935. The summed E-state index contributed by atoms with van der Waals surface area (Å²) in [5.74, 6) is 0. The predicted octanol–water partition coefficient (Wildman–Crippen LogP) is 3.84. The Hall–Kier alpha value is -1.60. The monoisotopic (exact) mass is 343 g/mol. The first-order valence-electron chi connectivity index (χ1n) is 7.61. The summed E-state index contributed by atoms with van der Waals surface area (Å²) in [6, 6.07) is 10.4. The number of hydrogen-bond acceptors (Lipinski definition) is 6. The third kappa shape index (κ3) is 3.50. The van der Waals surface area contributed by atoms with Gasteiger partial charge in [0.05, 0.1) is 12.3 Å². The van der Waals surface area contributed by atoms with Crippen LogP contribution in [-0.2, 0) is 11.3 Å². The van der Waals surface area contributed by atoms with Crippen LogP contribution in [0.2, 0.25) is 0 Å². The molecule has 1 aliphatic heterocycles. The minimum atomic E-state index is 0.0935. The van der Waals surface area contributed by atoms with E-state index in [0.29, 0.717) is 0 Å². The van der Waals surface area contributed by atoms with Crippen molar-refractivity contribution in [3.05, 3.63) is 58.0 Å². The molecule has 1 atom stereocenters. The number of morpholine rings is 1. The van der Waals surface area contributed by atoms with Crippen molar-refractivity contribution in [2.45, 2.75) is 12.6 Å². The average Bonchev–Trinajstić information content (AvgIpc) is 3.28. The molecule has 0 bridgehead atoms. The summed E-state index contributed by atoms with van der Waals surface area (Å²) in [4.78, 5) is 11.6. The second-order valence-electron chi connectivity index (χ2n) is 5.47. The molecule has 4 nitrogen and oxygen atoms in total. The van der Waals surface area contributed by atoms with Gasteiger partial charge in [0.15, 0.2) is 0 Å². The summed E-state index contributed by atoms with van der Waals surface area (Å²) in [6.07, 6.45) is 1.94. The first-order chi connectivity index (χ1) is 11.4. The van der Waals surface area contributed by atoms with E-state index in [4.69, 9.17) is 9.72 Å². The van der Waals surface area contributed by atoms with Crippen molar-refractivity contribution >= 4 is 22.7 Å². The van der Waals surface area contributed by atoms with Crippen LogP contribution < -0.4 is 0 Å². The van der Waals surface area contributed by atoms with Crippen molar-refractivity contribution < 1.29 is 4.74 Å². The summed E-state index contributed by atoms with van der Waals surface area (Å²) in [5, 5.41) is 6.32. The Labute approximate surface area is 143 Å². The smallest absolute Gasteiger partial charge is 0.123 e. The highest BCUT2D eigenvalue weighted by Crippen LogP contribution is 2.27. The van der Waals surface area contributed by atoms with Crippen LogP contribution in [0, 0.1) is 0 Å². The van der Waals surface area contributed by atoms with Crippen molar-refractivity contribution in [2.75, 3.05) is 19.7 Å². The molecule has 2 aromatic heterocycles. The van der Waals surface area contributed by atoms with E-state index >= 15 is 0 Å². The van der Waals surface area contributed by atoms with Gasteiger partial charge in [0.2, 0.25) is 0 Å². The summed E-state index contributed by atoms with van der Waals surface area (Å²) in [7, 11) is 0. The molecule has 1 saturated heterocycles. The van der Waals surface area contributed by atoms with Gasteiger partial charge in [0.25, 0.3) is 0 Å². The van der Waals surface area contributed by atoms with Crippen molar-refractivity contribution in [1.82, 2.24) is 14.9 Å². The second kappa shape index (κ2) is 6.88. The first-order valence-corrected chi connectivity index (χ1v) is 9.37. The maximum atomic E-state index is 5.85. The van der Waals surface area contributed by atoms with Gasteiger partial charge < -0.3 is 4.74 Å². The molecule has 23 heavy (non-hydrogen) atoms. The van der Waals surface area contributed by atoms with Gasteiger partial charge >= 0.3 is 0 Å². The zero-order valence-electron chi connectivity index (χ0n) is 12.6. The molecule has 6 heteroatoms. The summed E-state index contributed by atoms with van der Waals surface area (Å²) in [6.45, 7) is 3.44. The van der Waals surface area contributed by atoms with Gasteiger partial charge in [0, 0.05) is 42.2 Å². The molecule has 1 aromatic carbocycles. The van der Waals surface area contributed by atoms with Gasteiger partial charge in [-0.3, -0.25) is 4.90 Å². The molecule has 3 aromatic rings. The maximum absolute atomic E-state index is 5.85. The van der Waals surface area contributed by atoms with Crippen LogP contribution in [-0.4, -0.2) is 34.6 Å². The zero-order valence-corrected chi connectivity index (χ0v) is 14.2. The van der Waals surface area contributed by atoms with Crippen LogP contribution >= 0.6 is 22.7 Å². The van der Waals surface area contributed by atoms with Crippen LogP contribution in [0.4, 0.5) is 0 Å². The third-order valence-corrected chi connectivity index (χ3v) is 5.64. The van der Waals surface area contributed by atoms with E-state index in [1.165, 1.54) is 5.56 Å². The Bertz CT molecular complexity index is 742. The number of ether oxygens (including phenoxy) is 1. The van der Waals surface area contributed by atoms with Crippen LogP contribution in [0.1, 0.15) is 16.8 Å². The fourth-order valence-corrected chi connectivity index (χ4v) is 4.21. The van der Waals surface area contributed by atoms with E-state index in [-0.39, 0.29) is 6.10 Å². The van der Waals surface area contributed by atoms with Crippen molar-refractivity contribution in [1.29, 1.82) is 0 Å². The average molecular weight is 343 g/mol. The Morgan fingerprint density at radius 3 is 2.96 bits per heavy atom. The standard InChI is InChI=1S/C17H17N3OS2/c1-2-4-13(5-3-1)16-19-14(12-23-16)10-20-7-8-21-15(11-20)17-18-6-9-22-17/h1-6,9,12,15H,7-8,10-11H2/t15-/m1/s1. The Morgan fingerprint density at radius 2 is 2.13 bits per heavy atom. The largest absolute Gasteiger partial charge is 0.368 e. The molecule has 0 unspecified atom stereocenters. The number of thiazole rings is 2. The lowest BCUT2D eigenvalue weighted by Crippen LogP contribution is -2.37. The van der Waals surface area contributed by atoms with Crippen LogP contribution in [0.5, 0.6) is 0 Å². The van der Waals surface area contributed by atoms with Gasteiger partial charge in [-0.25, -0.2) is 9.97 Å². The molecule has 4 rings (SSSR count). The quantitative estimate of drug-likeness (QED) is 0.721. The Balaban J connectivity index is 1.43. The highest BCUT2D eigenvalue weighted by atomic mass is 32.1. The van der Waals surface area contributed by atoms with Gasteiger partial charge in [-0.2, -0.15) is 0 Å². The van der Waals surface area contributed by atoms with Gasteiger partial charge in [-0.1, -0.05) is 30.3 Å². The molecule has 1 fully saturated rings. The Kier molecular flexibility index (Phi) is 4.48. The van der Waals surface area contributed by atoms with Crippen molar-refractivity contribution in [3.63, 3.8) is 0 Å². The number of nitrogens with zero attached hydrogens (tertiary/aromatic N) is 3. The summed E-state index contributed by atoms with van der Waals surface area (Å²) in [5.41, 5.74) is 2.32. The molecule has 3 heterocycles. The SMILES string of the molecule is c1ccc(-c2nc(CN3CCO[C@@H](c4nccs4)C3)cs2)cc1. The molecule has 1 aliphatic rings. The van der Waals surface area contributed by atoms with E-state index in [1.54, 1.807) is 22.7 Å². The summed E-state index contributed by atoms with van der Waals surface area (Å²) >= 11 is 3.37. The number of hydrogen-bond donors (Lipinski definition) is 0. The minimum Gasteiger partial charge on any atom is -0.368 e. The van der Waals surface area contributed by atoms with E-state index < -0.39 is 0 Å². The lowest BCUT2D eigenvalue weighted by atomic mass is 10.2. The Morgan fingerprint density at radius 1 is 1.22 bits per heavy atom. The van der Waals surface area contributed by atoms with Gasteiger partial charge in [-0.05, 0) is 0 Å². The van der Waals surface area contributed by atoms with Crippen molar-refractivity contribution in [2.24, 2.45) is 0 Å². The lowest BCUT2D eigenvalue weighted by molar-refractivity contribution is -0.0333. The van der Waals surface area contributed by atoms with Crippen molar-refractivity contribution in [3.8, 4) is 10.6 Å². The molecule has 0 aliphatic carbocycles. The maximum Gasteiger partial charge on any atom is 0.123 e. The van der Waals surface area contributed by atoms with E-state index in [0.717, 1.165) is 42.0 Å². The molecule has 0 N–H and O–H groups in total. The van der Waals surface area contributed by atoms with Crippen LogP contribution in [0.15, 0.2) is 47.3 Å². The van der Waals surface area contributed by atoms with E-state index in [2.05, 4.69) is 39.5 Å². The first kappa shape index (κ1) is 15.0. The lowest BCUT2D eigenvalue weighted by Gasteiger charge is -2.31. The molecular formula is C17H17N3OS2. The van der Waals surface area contributed by atoms with Gasteiger partial charge in [-0.15, -0.1) is 22.7 Å². The highest BCUT2D eigenvalue weighted by molar-refractivity contribution is 7.13. The number of aromatic nitrogens is 2. The normalized spacial score (nSPS) is 19.0. The van der Waals surface area contributed by atoms with E-state index in [9.17, 15) is 0 Å². The van der Waals surface area contributed by atoms with Gasteiger partial charge in [0.1, 0.15) is 16.1 Å². The van der Waals surface area contributed by atoms with Crippen LogP contribution in [0.3, 0.4) is 0 Å². The predicted molar refractivity (Wildman–Crippen MR) is 93.6 cm³/mol. The molecular weight excluding hydrogens is 326 g/mol. The topological polar surface area (TPSA) is 38.2 Å². The molecule has 0 saturated carbocycles. The highest BCUT2D eigenvalue weighted by Gasteiger charge is 2.24. The molecule has 0 amide bonds. The molecule has 0 radical (unpaired) electrons. The fourth-order valence-electron chi connectivity index (χ4n) is 2.71. The third-order valence-electron chi connectivity index (χ3n) is 3.84. The van der Waals surface area contributed by atoms with E-state index in [1.807, 2.05) is 17.6 Å². The van der Waals surface area contributed by atoms with Crippen LogP contribution in [0.25, 0.3) is 10.6 Å². The molecule has 0 spiro atoms. The number of rotatable bonds is 4.